The van der Waals surface area contributed by atoms with Gasteiger partial charge in [-0.2, -0.15) is 4.37 Å². The van der Waals surface area contributed by atoms with Gasteiger partial charge >= 0.3 is 0 Å². The van der Waals surface area contributed by atoms with E-state index in [1.165, 1.54) is 4.90 Å². The molecule has 0 saturated carbocycles. The number of rotatable bonds is 8. The Morgan fingerprint density at radius 1 is 1.11 bits per heavy atom. The van der Waals surface area contributed by atoms with E-state index in [1.54, 1.807) is 36.4 Å². The zero-order chi connectivity index (χ0) is 26.6. The van der Waals surface area contributed by atoms with Crippen LogP contribution in [0.1, 0.15) is 65.0 Å². The van der Waals surface area contributed by atoms with Crippen molar-refractivity contribution in [2.45, 2.75) is 46.2 Å². The Morgan fingerprint density at radius 3 is 2.31 bits per heavy atom. The van der Waals surface area contributed by atoms with Crippen LogP contribution in [0.25, 0.3) is 0 Å². The van der Waals surface area contributed by atoms with Gasteiger partial charge in [0, 0.05) is 5.54 Å². The molecular weight excluding hydrogens is 478 g/mol. The van der Waals surface area contributed by atoms with Gasteiger partial charge < -0.3 is 21.5 Å². The number of carbonyl (C=O) groups excluding carboxylic acids is 3. The van der Waals surface area contributed by atoms with E-state index in [4.69, 9.17) is 16.2 Å². The molecule has 1 atom stereocenters. The van der Waals surface area contributed by atoms with E-state index in [0.717, 1.165) is 17.1 Å². The first-order chi connectivity index (χ1) is 16.9. The highest BCUT2D eigenvalue weighted by Crippen LogP contribution is 2.38. The first-order valence-corrected chi connectivity index (χ1v) is 12.2. The van der Waals surface area contributed by atoms with Crippen molar-refractivity contribution in [2.24, 2.45) is 5.73 Å². The summed E-state index contributed by atoms with van der Waals surface area (Å²) in [5.41, 5.74) is 12.6. The molecule has 36 heavy (non-hydrogen) atoms. The fourth-order valence-electron chi connectivity index (χ4n) is 3.64. The summed E-state index contributed by atoms with van der Waals surface area (Å²) in [7, 11) is 0. The lowest BCUT2D eigenvalue weighted by molar-refractivity contribution is -0.123. The zero-order valence-electron chi connectivity index (χ0n) is 21.0. The van der Waals surface area contributed by atoms with Crippen LogP contribution in [-0.4, -0.2) is 34.2 Å². The molecule has 1 unspecified atom stereocenters. The van der Waals surface area contributed by atoms with Gasteiger partial charge in [0.1, 0.15) is 16.7 Å². The highest BCUT2D eigenvalue weighted by atomic mass is 32.1. The van der Waals surface area contributed by atoms with Crippen LogP contribution in [0.15, 0.2) is 48.5 Å². The lowest BCUT2D eigenvalue weighted by Gasteiger charge is -2.34. The SMILES string of the molecule is CCOc1ccccc1N(C(=O)c1snc(C(N)=O)c1N)C(C(=O)NC(C)(C)C)c1ccc(C)cc1. The van der Waals surface area contributed by atoms with Gasteiger partial charge in [-0.25, -0.2) is 0 Å². The first-order valence-electron chi connectivity index (χ1n) is 11.4. The molecule has 0 aliphatic rings. The van der Waals surface area contributed by atoms with Crippen LogP contribution in [0.3, 0.4) is 0 Å². The number of amides is 3. The number of para-hydroxylation sites is 2. The van der Waals surface area contributed by atoms with Crippen molar-refractivity contribution in [3.05, 3.63) is 70.2 Å². The first kappa shape index (κ1) is 26.7. The topological polar surface area (TPSA) is 141 Å². The van der Waals surface area contributed by atoms with Crippen molar-refractivity contribution < 1.29 is 19.1 Å². The minimum absolute atomic E-state index is 0.00391. The molecular formula is C26H31N5O4S. The van der Waals surface area contributed by atoms with Gasteiger partial charge in [0.2, 0.25) is 5.91 Å². The van der Waals surface area contributed by atoms with E-state index in [0.29, 0.717) is 23.6 Å². The van der Waals surface area contributed by atoms with E-state index >= 15 is 0 Å². The lowest BCUT2D eigenvalue weighted by atomic mass is 9.99. The van der Waals surface area contributed by atoms with Crippen molar-refractivity contribution in [2.75, 3.05) is 17.2 Å². The van der Waals surface area contributed by atoms with Gasteiger partial charge in [-0.05, 0) is 63.8 Å². The molecule has 3 rings (SSSR count). The van der Waals surface area contributed by atoms with Crippen molar-refractivity contribution in [1.82, 2.24) is 9.69 Å². The molecule has 0 fully saturated rings. The summed E-state index contributed by atoms with van der Waals surface area (Å²) in [5.74, 6) is -1.44. The van der Waals surface area contributed by atoms with Crippen LogP contribution in [0.2, 0.25) is 0 Å². The number of anilines is 2. The summed E-state index contributed by atoms with van der Waals surface area (Å²) in [6, 6.07) is 13.2. The van der Waals surface area contributed by atoms with E-state index in [-0.39, 0.29) is 16.3 Å². The molecule has 5 N–H and O–H groups in total. The average Bonchev–Trinajstić information content (AvgIpc) is 3.19. The second-order valence-electron chi connectivity index (χ2n) is 9.27. The number of benzene rings is 2. The van der Waals surface area contributed by atoms with Crippen LogP contribution in [0.4, 0.5) is 11.4 Å². The van der Waals surface area contributed by atoms with E-state index in [1.807, 2.05) is 46.8 Å². The minimum Gasteiger partial charge on any atom is -0.492 e. The third-order valence-electron chi connectivity index (χ3n) is 5.20. The second-order valence-corrected chi connectivity index (χ2v) is 10.0. The Kier molecular flexibility index (Phi) is 7.99. The number of hydrogen-bond donors (Lipinski definition) is 3. The normalized spacial score (nSPS) is 12.0. The highest BCUT2D eigenvalue weighted by molar-refractivity contribution is 7.09. The zero-order valence-corrected chi connectivity index (χ0v) is 21.8. The Labute approximate surface area is 214 Å². The van der Waals surface area contributed by atoms with E-state index in [2.05, 4.69) is 9.69 Å². The Hall–Kier alpha value is -3.92. The Bertz CT molecular complexity index is 1260. The Balaban J connectivity index is 2.29. The predicted octanol–water partition coefficient (Wildman–Crippen LogP) is 3.83. The van der Waals surface area contributed by atoms with Crippen LogP contribution in [-0.2, 0) is 4.79 Å². The van der Waals surface area contributed by atoms with Crippen molar-refractivity contribution in [3.8, 4) is 5.75 Å². The molecule has 2 aromatic carbocycles. The van der Waals surface area contributed by atoms with Crippen molar-refractivity contribution in [1.29, 1.82) is 0 Å². The number of nitrogens with two attached hydrogens (primary N) is 2. The summed E-state index contributed by atoms with van der Waals surface area (Å²) in [5, 5.41) is 2.99. The average molecular weight is 510 g/mol. The van der Waals surface area contributed by atoms with Crippen LogP contribution >= 0.6 is 11.5 Å². The standard InChI is InChI=1S/C26H31N5O4S/c1-6-35-18-10-8-7-9-17(18)31(25(34)22-19(27)20(23(28)32)30-36-22)21(24(33)29-26(3,4)5)16-13-11-15(2)12-14-16/h7-14,21H,6,27H2,1-5H3,(H2,28,32)(H,29,33). The fraction of sp³-hybridized carbons (Fsp3) is 0.308. The second kappa shape index (κ2) is 10.8. The van der Waals surface area contributed by atoms with Gasteiger partial charge in [-0.15, -0.1) is 0 Å². The maximum Gasteiger partial charge on any atom is 0.273 e. The third kappa shape index (κ3) is 5.83. The number of aromatic nitrogens is 1. The minimum atomic E-state index is -1.09. The molecule has 0 aliphatic carbocycles. The quantitative estimate of drug-likeness (QED) is 0.421. The number of ether oxygens (including phenoxy) is 1. The van der Waals surface area contributed by atoms with Gasteiger partial charge in [0.15, 0.2) is 5.69 Å². The van der Waals surface area contributed by atoms with Gasteiger partial charge in [0.25, 0.3) is 11.8 Å². The maximum absolute atomic E-state index is 14.1. The largest absolute Gasteiger partial charge is 0.492 e. The number of nitrogens with zero attached hydrogens (tertiary/aromatic N) is 2. The lowest BCUT2D eigenvalue weighted by Crippen LogP contribution is -2.49. The number of hydrogen-bond acceptors (Lipinski definition) is 7. The third-order valence-corrected chi connectivity index (χ3v) is 6.05. The summed E-state index contributed by atoms with van der Waals surface area (Å²) in [6.45, 7) is 9.68. The number of nitrogens with one attached hydrogen (secondary N) is 1. The smallest absolute Gasteiger partial charge is 0.273 e. The molecule has 0 bridgehead atoms. The molecule has 9 nitrogen and oxygen atoms in total. The predicted molar refractivity (Wildman–Crippen MR) is 141 cm³/mol. The molecule has 0 saturated heterocycles. The summed E-state index contributed by atoms with van der Waals surface area (Å²) in [6.07, 6.45) is 0. The molecule has 3 aromatic rings. The molecule has 1 aromatic heterocycles. The molecule has 190 valence electrons. The van der Waals surface area contributed by atoms with Gasteiger partial charge in [0.05, 0.1) is 18.0 Å². The Morgan fingerprint density at radius 2 is 1.75 bits per heavy atom. The van der Waals surface area contributed by atoms with E-state index < -0.39 is 29.3 Å². The van der Waals surface area contributed by atoms with Crippen LogP contribution in [0, 0.1) is 6.92 Å². The van der Waals surface area contributed by atoms with Gasteiger partial charge in [-0.3, -0.25) is 19.3 Å². The number of carbonyl (C=O) groups is 3. The molecule has 0 spiro atoms. The number of aryl methyl sites for hydroxylation is 1. The summed E-state index contributed by atoms with van der Waals surface area (Å²) < 4.78 is 9.80. The van der Waals surface area contributed by atoms with Crippen molar-refractivity contribution >= 4 is 40.6 Å². The fourth-order valence-corrected chi connectivity index (χ4v) is 4.38. The van der Waals surface area contributed by atoms with Crippen LogP contribution < -0.4 is 26.4 Å². The molecule has 3 amide bonds. The van der Waals surface area contributed by atoms with Crippen molar-refractivity contribution in [3.63, 3.8) is 0 Å². The van der Waals surface area contributed by atoms with E-state index in [9.17, 15) is 14.4 Å². The monoisotopic (exact) mass is 509 g/mol. The molecule has 1 heterocycles. The van der Waals surface area contributed by atoms with Gasteiger partial charge in [-0.1, -0.05) is 42.0 Å². The highest BCUT2D eigenvalue weighted by Gasteiger charge is 2.38. The molecule has 0 radical (unpaired) electrons. The molecule has 0 aliphatic heterocycles. The number of nitrogen functional groups attached to an aromatic ring is 1. The van der Waals surface area contributed by atoms with Crippen LogP contribution in [0.5, 0.6) is 5.75 Å². The molecule has 10 heteroatoms. The number of primary amides is 1. The summed E-state index contributed by atoms with van der Waals surface area (Å²) >= 11 is 0.755. The summed E-state index contributed by atoms with van der Waals surface area (Å²) in [4.78, 5) is 41.0. The maximum atomic E-state index is 14.1.